The molecule has 0 bridgehead atoms. The summed E-state index contributed by atoms with van der Waals surface area (Å²) in [6, 6.07) is -0.864. The van der Waals surface area contributed by atoms with Crippen molar-refractivity contribution < 1.29 is 24.2 Å². The number of hydrogen-bond acceptors (Lipinski definition) is 5. The Morgan fingerprint density at radius 2 is 1.02 bits per heavy atom. The van der Waals surface area contributed by atoms with E-state index in [0.29, 0.717) is 32.2 Å². The maximum absolute atomic E-state index is 12.8. The Morgan fingerprint density at radius 1 is 0.544 bits per heavy atom. The summed E-state index contributed by atoms with van der Waals surface area (Å²) in [6.45, 7) is 4.79. The minimum Gasteiger partial charge on any atom is -0.480 e. The van der Waals surface area contributed by atoms with Gasteiger partial charge in [0.2, 0.25) is 5.91 Å². The highest BCUT2D eigenvalue weighted by Crippen LogP contribution is 2.15. The van der Waals surface area contributed by atoms with Crippen molar-refractivity contribution in [1.29, 1.82) is 0 Å². The number of carboxylic acids is 1. The summed E-state index contributed by atoms with van der Waals surface area (Å²) in [5, 5.41) is 11.9. The van der Waals surface area contributed by atoms with Crippen LogP contribution in [0.5, 0.6) is 0 Å². The summed E-state index contributed by atoms with van der Waals surface area (Å²) in [4.78, 5) is 36.3. The normalized spacial score (nSPS) is 13.6. The first-order valence-corrected chi connectivity index (χ1v) is 22.6. The predicted molar refractivity (Wildman–Crippen MR) is 243 cm³/mol. The first-order chi connectivity index (χ1) is 27.9. The molecule has 0 aromatic carbocycles. The van der Waals surface area contributed by atoms with Crippen molar-refractivity contribution in [1.82, 2.24) is 5.32 Å². The Labute approximate surface area is 348 Å². The van der Waals surface area contributed by atoms with Crippen molar-refractivity contribution in [2.45, 2.75) is 193 Å². The molecule has 7 heteroatoms. The zero-order valence-electron chi connectivity index (χ0n) is 36.1. The second-order valence-electron chi connectivity index (χ2n) is 14.7. The average molecular weight is 791 g/mol. The standard InChI is InChI=1S/C50H82N2O5/c1-3-5-7-9-11-13-14-15-16-17-18-19-20-21-22-23-24-26-28-34-38-44-49(54)57-46(40-35-31-27-25-12-10-8-6-4-2)41-36-32-29-30-33-37-43-48(53)52-47(50(55)56)42-39-45-51/h5,7,11,13,15-16,18-19,21-22,24-27,35,40,46-47H,3-4,6,8-10,12,14,17,20,23,28-34,36-39,41-45,51H2,1-2H3,(H,52,53)(H,55,56)/b7-5-,13-11-,16-15-,19-18-,22-21-,26-24-,27-25-,40-35-. The van der Waals surface area contributed by atoms with Crippen LogP contribution in [0.15, 0.2) is 97.2 Å². The van der Waals surface area contributed by atoms with Crippen LogP contribution in [0.4, 0.5) is 0 Å². The topological polar surface area (TPSA) is 119 Å². The number of carbonyl (C=O) groups is 3. The number of ether oxygens (including phenoxy) is 1. The van der Waals surface area contributed by atoms with Crippen LogP contribution in [0.2, 0.25) is 0 Å². The zero-order valence-corrected chi connectivity index (χ0v) is 36.1. The lowest BCUT2D eigenvalue weighted by atomic mass is 10.0. The van der Waals surface area contributed by atoms with E-state index in [-0.39, 0.29) is 18.0 Å². The molecule has 2 unspecified atom stereocenters. The maximum Gasteiger partial charge on any atom is 0.326 e. The van der Waals surface area contributed by atoms with Gasteiger partial charge in [0.1, 0.15) is 12.1 Å². The molecule has 0 saturated heterocycles. The molecule has 0 spiro atoms. The molecule has 0 aromatic rings. The van der Waals surface area contributed by atoms with Gasteiger partial charge in [-0.15, -0.1) is 0 Å². The fourth-order valence-electron chi connectivity index (χ4n) is 5.99. The van der Waals surface area contributed by atoms with Gasteiger partial charge in [0.15, 0.2) is 0 Å². The van der Waals surface area contributed by atoms with E-state index in [1.807, 2.05) is 0 Å². The molecule has 57 heavy (non-hydrogen) atoms. The van der Waals surface area contributed by atoms with E-state index in [4.69, 9.17) is 10.5 Å². The Morgan fingerprint density at radius 3 is 1.56 bits per heavy atom. The highest BCUT2D eigenvalue weighted by molar-refractivity contribution is 5.83. The van der Waals surface area contributed by atoms with E-state index >= 15 is 0 Å². The average Bonchev–Trinajstić information content (AvgIpc) is 3.20. The van der Waals surface area contributed by atoms with Crippen LogP contribution in [-0.2, 0) is 19.1 Å². The first-order valence-electron chi connectivity index (χ1n) is 22.6. The Kier molecular flexibility index (Phi) is 40.6. The molecule has 0 fully saturated rings. The lowest BCUT2D eigenvalue weighted by molar-refractivity contribution is -0.147. The molecular weight excluding hydrogens is 709 g/mol. The van der Waals surface area contributed by atoms with Crippen LogP contribution in [0.1, 0.15) is 181 Å². The zero-order chi connectivity index (χ0) is 41.7. The van der Waals surface area contributed by atoms with Crippen molar-refractivity contribution >= 4 is 17.8 Å². The van der Waals surface area contributed by atoms with Crippen molar-refractivity contribution in [2.24, 2.45) is 5.73 Å². The second-order valence-corrected chi connectivity index (χ2v) is 14.7. The second kappa shape index (κ2) is 43.4. The third-order valence-electron chi connectivity index (χ3n) is 9.37. The summed E-state index contributed by atoms with van der Waals surface area (Å²) in [6.07, 6.45) is 59.0. The minimum atomic E-state index is -1.01. The predicted octanol–water partition coefficient (Wildman–Crippen LogP) is 13.1. The molecule has 0 aliphatic rings. The number of nitrogens with one attached hydrogen (secondary N) is 1. The van der Waals surface area contributed by atoms with Crippen molar-refractivity contribution in [3.8, 4) is 0 Å². The number of unbranched alkanes of at least 4 members (excludes halogenated alkanes) is 11. The number of amides is 1. The van der Waals surface area contributed by atoms with Gasteiger partial charge >= 0.3 is 11.9 Å². The molecule has 322 valence electrons. The number of esters is 1. The van der Waals surface area contributed by atoms with Crippen LogP contribution < -0.4 is 11.1 Å². The van der Waals surface area contributed by atoms with Crippen molar-refractivity contribution in [2.75, 3.05) is 6.54 Å². The van der Waals surface area contributed by atoms with E-state index in [0.717, 1.165) is 116 Å². The Balaban J connectivity index is 4.38. The van der Waals surface area contributed by atoms with Crippen LogP contribution >= 0.6 is 0 Å². The molecule has 0 aliphatic carbocycles. The fraction of sp³-hybridized carbons (Fsp3) is 0.620. The molecule has 0 saturated carbocycles. The number of hydrogen-bond donors (Lipinski definition) is 3. The molecule has 0 radical (unpaired) electrons. The summed E-state index contributed by atoms with van der Waals surface area (Å²) >= 11 is 0. The summed E-state index contributed by atoms with van der Waals surface area (Å²) < 4.78 is 5.93. The van der Waals surface area contributed by atoms with Gasteiger partial charge in [-0.2, -0.15) is 0 Å². The van der Waals surface area contributed by atoms with Crippen molar-refractivity contribution in [3.63, 3.8) is 0 Å². The van der Waals surface area contributed by atoms with Crippen LogP contribution in [0, 0.1) is 0 Å². The SMILES string of the molecule is CC/C=C\C/C=C\C/C=C\C/C=C\C/C=C\C/C=C\CCCCC(=O)OC(/C=C\C/C=C\CCCCCC)CCCCCCCCC(=O)NC(CCCN)C(=O)O. The molecule has 1 amide bonds. The van der Waals surface area contributed by atoms with E-state index in [2.05, 4.69) is 116 Å². The Bertz CT molecular complexity index is 1210. The van der Waals surface area contributed by atoms with Gasteiger partial charge in [-0.25, -0.2) is 4.79 Å². The maximum atomic E-state index is 12.8. The smallest absolute Gasteiger partial charge is 0.326 e. The molecule has 0 aromatic heterocycles. The van der Waals surface area contributed by atoms with Gasteiger partial charge in [0.05, 0.1) is 0 Å². The lowest BCUT2D eigenvalue weighted by Crippen LogP contribution is -2.40. The number of nitrogens with two attached hydrogens (primary N) is 1. The quantitative estimate of drug-likeness (QED) is 0.0324. The minimum absolute atomic E-state index is 0.120. The highest BCUT2D eigenvalue weighted by atomic mass is 16.5. The van der Waals surface area contributed by atoms with E-state index < -0.39 is 12.0 Å². The highest BCUT2D eigenvalue weighted by Gasteiger charge is 2.18. The first kappa shape index (κ1) is 53.3. The van der Waals surface area contributed by atoms with Gasteiger partial charge in [0.25, 0.3) is 0 Å². The van der Waals surface area contributed by atoms with Gasteiger partial charge in [-0.3, -0.25) is 9.59 Å². The number of aliphatic carboxylic acids is 1. The molecule has 7 nitrogen and oxygen atoms in total. The van der Waals surface area contributed by atoms with E-state index in [1.54, 1.807) is 0 Å². The number of carboxylic acid groups (broad SMARTS) is 1. The van der Waals surface area contributed by atoms with Gasteiger partial charge < -0.3 is 20.9 Å². The van der Waals surface area contributed by atoms with Crippen LogP contribution in [-0.4, -0.2) is 41.6 Å². The number of rotatable bonds is 39. The monoisotopic (exact) mass is 791 g/mol. The summed E-state index contributed by atoms with van der Waals surface area (Å²) in [5.74, 6) is -1.34. The van der Waals surface area contributed by atoms with Crippen LogP contribution in [0.25, 0.3) is 0 Å². The molecule has 2 atom stereocenters. The van der Waals surface area contributed by atoms with Gasteiger partial charge in [-0.05, 0) is 122 Å². The van der Waals surface area contributed by atoms with E-state index in [9.17, 15) is 19.5 Å². The number of carbonyl (C=O) groups excluding carboxylic acids is 2. The largest absolute Gasteiger partial charge is 0.480 e. The lowest BCUT2D eigenvalue weighted by Gasteiger charge is -2.15. The molecule has 4 N–H and O–H groups in total. The van der Waals surface area contributed by atoms with E-state index in [1.165, 1.54) is 25.7 Å². The van der Waals surface area contributed by atoms with Gasteiger partial charge in [-0.1, -0.05) is 150 Å². The van der Waals surface area contributed by atoms with Crippen LogP contribution in [0.3, 0.4) is 0 Å². The molecule has 0 aliphatic heterocycles. The fourth-order valence-corrected chi connectivity index (χ4v) is 5.99. The molecule has 0 heterocycles. The Hall–Kier alpha value is -3.71. The van der Waals surface area contributed by atoms with Gasteiger partial charge in [0, 0.05) is 12.8 Å². The third-order valence-corrected chi connectivity index (χ3v) is 9.37. The number of allylic oxidation sites excluding steroid dienone is 15. The summed E-state index contributed by atoms with van der Waals surface area (Å²) in [7, 11) is 0. The molecular formula is C50H82N2O5. The van der Waals surface area contributed by atoms with Crippen molar-refractivity contribution in [3.05, 3.63) is 97.2 Å². The molecule has 0 rings (SSSR count). The third kappa shape index (κ3) is 40.3. The summed E-state index contributed by atoms with van der Waals surface area (Å²) in [5.41, 5.74) is 5.48.